The van der Waals surface area contributed by atoms with Crippen molar-refractivity contribution in [2.45, 2.75) is 76.3 Å². The van der Waals surface area contributed by atoms with E-state index in [1.165, 1.54) is 12.8 Å². The summed E-state index contributed by atoms with van der Waals surface area (Å²) in [5.41, 5.74) is 0.690. The summed E-state index contributed by atoms with van der Waals surface area (Å²) in [6.45, 7) is 0. The summed E-state index contributed by atoms with van der Waals surface area (Å²) in [5, 5.41) is 7.93. The quantitative estimate of drug-likeness (QED) is 0.829. The van der Waals surface area contributed by atoms with Crippen molar-refractivity contribution in [1.29, 1.82) is 0 Å². The van der Waals surface area contributed by atoms with E-state index in [4.69, 9.17) is 0 Å². The van der Waals surface area contributed by atoms with E-state index in [0.717, 1.165) is 62.1 Å². The Bertz CT molecular complexity index is 852. The lowest BCUT2D eigenvalue weighted by Crippen LogP contribution is -2.38. The second-order valence-electron chi connectivity index (χ2n) is 8.19. The minimum atomic E-state index is -0.177. The van der Waals surface area contributed by atoms with Gasteiger partial charge in [0, 0.05) is 17.5 Å². The molecular formula is C23H29N3O2. The van der Waals surface area contributed by atoms with Crippen molar-refractivity contribution in [3.8, 4) is 0 Å². The van der Waals surface area contributed by atoms with Crippen LogP contribution in [-0.4, -0.2) is 28.9 Å². The Balaban J connectivity index is 1.59. The Morgan fingerprint density at radius 3 is 2.00 bits per heavy atom. The molecule has 0 aliphatic heterocycles. The molecule has 2 fully saturated rings. The van der Waals surface area contributed by atoms with Crippen molar-refractivity contribution in [3.05, 3.63) is 41.7 Å². The molecule has 1 aromatic heterocycles. The van der Waals surface area contributed by atoms with Crippen LogP contribution in [0.5, 0.6) is 0 Å². The van der Waals surface area contributed by atoms with Crippen molar-refractivity contribution in [2.75, 3.05) is 0 Å². The van der Waals surface area contributed by atoms with E-state index in [1.54, 1.807) is 6.07 Å². The maximum Gasteiger partial charge on any atom is 0.270 e. The molecule has 28 heavy (non-hydrogen) atoms. The van der Waals surface area contributed by atoms with E-state index in [9.17, 15) is 9.59 Å². The van der Waals surface area contributed by atoms with Crippen molar-refractivity contribution < 1.29 is 9.59 Å². The smallest absolute Gasteiger partial charge is 0.270 e. The summed E-state index contributed by atoms with van der Waals surface area (Å²) in [6, 6.07) is 9.89. The molecule has 4 rings (SSSR count). The zero-order chi connectivity index (χ0) is 19.3. The Morgan fingerprint density at radius 2 is 1.36 bits per heavy atom. The normalized spacial score (nSPS) is 18.7. The number of hydrogen-bond acceptors (Lipinski definition) is 3. The fourth-order valence-electron chi connectivity index (χ4n) is 4.50. The average Bonchev–Trinajstić information content (AvgIpc) is 2.74. The van der Waals surface area contributed by atoms with Gasteiger partial charge >= 0.3 is 0 Å². The van der Waals surface area contributed by atoms with Gasteiger partial charge in [0.2, 0.25) is 0 Å². The number of nitrogens with one attached hydrogen (secondary N) is 2. The van der Waals surface area contributed by atoms with E-state index >= 15 is 0 Å². The second kappa shape index (κ2) is 8.72. The number of benzene rings is 1. The van der Waals surface area contributed by atoms with Crippen LogP contribution in [-0.2, 0) is 0 Å². The minimum Gasteiger partial charge on any atom is -0.348 e. The predicted molar refractivity (Wildman–Crippen MR) is 110 cm³/mol. The molecule has 2 aromatic rings. The van der Waals surface area contributed by atoms with Gasteiger partial charge in [-0.3, -0.25) is 9.59 Å². The first-order valence-electron chi connectivity index (χ1n) is 10.7. The maximum atomic E-state index is 13.0. The van der Waals surface area contributed by atoms with Gasteiger partial charge < -0.3 is 10.6 Å². The molecule has 2 aliphatic carbocycles. The standard InChI is InChI=1S/C23H29N3O2/c27-22(24-17-10-3-1-4-11-17)20-15-16-9-7-8-14-19(16)21(26-20)23(28)25-18-12-5-2-6-13-18/h7-9,14-15,17-18H,1-6,10-13H2,(H,24,27)(H,25,28). The molecule has 0 radical (unpaired) electrons. The lowest BCUT2D eigenvalue weighted by atomic mass is 9.95. The van der Waals surface area contributed by atoms with Crippen LogP contribution >= 0.6 is 0 Å². The van der Waals surface area contributed by atoms with Crippen LogP contribution in [0.1, 0.15) is 85.2 Å². The van der Waals surface area contributed by atoms with Crippen molar-refractivity contribution in [3.63, 3.8) is 0 Å². The number of aromatic nitrogens is 1. The highest BCUT2D eigenvalue weighted by Gasteiger charge is 2.22. The Hall–Kier alpha value is -2.43. The Kier molecular flexibility index (Phi) is 5.89. The largest absolute Gasteiger partial charge is 0.348 e. The van der Waals surface area contributed by atoms with Gasteiger partial charge in [0.25, 0.3) is 11.8 Å². The van der Waals surface area contributed by atoms with Gasteiger partial charge in [-0.2, -0.15) is 0 Å². The number of fused-ring (bicyclic) bond motifs is 1. The van der Waals surface area contributed by atoms with E-state index < -0.39 is 0 Å². The lowest BCUT2D eigenvalue weighted by Gasteiger charge is -2.23. The minimum absolute atomic E-state index is 0.171. The van der Waals surface area contributed by atoms with Crippen LogP contribution in [0.3, 0.4) is 0 Å². The van der Waals surface area contributed by atoms with Gasteiger partial charge in [0.15, 0.2) is 0 Å². The third-order valence-electron chi connectivity index (χ3n) is 6.07. The molecule has 0 spiro atoms. The number of nitrogens with zero attached hydrogens (tertiary/aromatic N) is 1. The fraction of sp³-hybridized carbons (Fsp3) is 0.522. The molecule has 5 heteroatoms. The molecule has 0 bridgehead atoms. The molecule has 5 nitrogen and oxygen atoms in total. The summed E-state index contributed by atoms with van der Waals surface area (Å²) in [5.74, 6) is -0.347. The number of hydrogen-bond donors (Lipinski definition) is 2. The average molecular weight is 380 g/mol. The van der Waals surface area contributed by atoms with Gasteiger partial charge in [-0.1, -0.05) is 62.8 Å². The van der Waals surface area contributed by atoms with E-state index in [-0.39, 0.29) is 23.9 Å². The van der Waals surface area contributed by atoms with Gasteiger partial charge in [0.05, 0.1) is 0 Å². The zero-order valence-electron chi connectivity index (χ0n) is 16.4. The Morgan fingerprint density at radius 1 is 0.786 bits per heavy atom. The first-order chi connectivity index (χ1) is 13.7. The maximum absolute atomic E-state index is 13.0. The van der Waals surface area contributed by atoms with Crippen LogP contribution in [0.4, 0.5) is 0 Å². The fourth-order valence-corrected chi connectivity index (χ4v) is 4.50. The number of rotatable bonds is 4. The highest BCUT2D eigenvalue weighted by molar-refractivity contribution is 6.07. The first kappa shape index (κ1) is 18.9. The van der Waals surface area contributed by atoms with Gasteiger partial charge in [-0.15, -0.1) is 0 Å². The summed E-state index contributed by atoms with van der Waals surface area (Å²) >= 11 is 0. The number of amides is 2. The van der Waals surface area contributed by atoms with Crippen LogP contribution in [0.15, 0.2) is 30.3 Å². The topological polar surface area (TPSA) is 71.1 Å². The highest BCUT2D eigenvalue weighted by Crippen LogP contribution is 2.22. The third-order valence-corrected chi connectivity index (χ3v) is 6.07. The van der Waals surface area contributed by atoms with E-state index in [2.05, 4.69) is 15.6 Å². The molecule has 2 aliphatic rings. The van der Waals surface area contributed by atoms with Crippen LogP contribution in [0, 0.1) is 0 Å². The van der Waals surface area contributed by atoms with Gasteiger partial charge in [0.1, 0.15) is 11.4 Å². The SMILES string of the molecule is O=C(NC1CCCCC1)c1cc2ccccc2c(C(=O)NC2CCCCC2)n1. The molecule has 0 atom stereocenters. The van der Waals surface area contributed by atoms with Crippen molar-refractivity contribution >= 4 is 22.6 Å². The molecule has 148 valence electrons. The third kappa shape index (κ3) is 4.34. The molecule has 2 N–H and O–H groups in total. The van der Waals surface area contributed by atoms with Gasteiger partial charge in [-0.05, 0) is 37.1 Å². The summed E-state index contributed by atoms with van der Waals surface area (Å²) in [7, 11) is 0. The molecule has 2 saturated carbocycles. The van der Waals surface area contributed by atoms with Crippen molar-refractivity contribution in [2.24, 2.45) is 0 Å². The molecule has 1 aromatic carbocycles. The van der Waals surface area contributed by atoms with E-state index in [0.29, 0.717) is 11.4 Å². The lowest BCUT2D eigenvalue weighted by molar-refractivity contribution is 0.0920. The molecule has 1 heterocycles. The molecule has 0 unspecified atom stereocenters. The van der Waals surface area contributed by atoms with Crippen LogP contribution < -0.4 is 10.6 Å². The predicted octanol–water partition coefficient (Wildman–Crippen LogP) is 4.36. The van der Waals surface area contributed by atoms with Crippen LogP contribution in [0.25, 0.3) is 10.8 Å². The molecular weight excluding hydrogens is 350 g/mol. The first-order valence-corrected chi connectivity index (χ1v) is 10.7. The number of carbonyl (C=O) groups is 2. The number of pyridine rings is 1. The Labute approximate surface area is 166 Å². The van der Waals surface area contributed by atoms with E-state index in [1.807, 2.05) is 24.3 Å². The van der Waals surface area contributed by atoms with Crippen molar-refractivity contribution in [1.82, 2.24) is 15.6 Å². The second-order valence-corrected chi connectivity index (χ2v) is 8.19. The van der Waals surface area contributed by atoms with Gasteiger partial charge in [-0.25, -0.2) is 4.98 Å². The zero-order valence-corrected chi connectivity index (χ0v) is 16.4. The molecule has 2 amide bonds. The molecule has 0 saturated heterocycles. The summed E-state index contributed by atoms with van der Waals surface area (Å²) in [6.07, 6.45) is 11.2. The monoisotopic (exact) mass is 379 g/mol. The highest BCUT2D eigenvalue weighted by atomic mass is 16.2. The number of carbonyl (C=O) groups excluding carboxylic acids is 2. The summed E-state index contributed by atoms with van der Waals surface area (Å²) < 4.78 is 0. The van der Waals surface area contributed by atoms with Crippen LogP contribution in [0.2, 0.25) is 0 Å². The summed E-state index contributed by atoms with van der Waals surface area (Å²) in [4.78, 5) is 30.3.